The highest BCUT2D eigenvalue weighted by atomic mass is 16.5. The number of ether oxygens (including phenoxy) is 1. The Kier molecular flexibility index (Phi) is 5.78. The summed E-state index contributed by atoms with van der Waals surface area (Å²) in [6.45, 7) is 11.0. The Hall–Kier alpha value is -1.61. The summed E-state index contributed by atoms with van der Waals surface area (Å²) in [6.07, 6.45) is 2.64. The van der Waals surface area contributed by atoms with Gasteiger partial charge in [-0.1, -0.05) is 35.9 Å². The summed E-state index contributed by atoms with van der Waals surface area (Å²) in [5, 5.41) is 0. The number of benzene rings is 1. The molecule has 1 unspecified atom stereocenters. The van der Waals surface area contributed by atoms with Gasteiger partial charge in [0.05, 0.1) is 12.0 Å². The minimum absolute atomic E-state index is 0.0595. The van der Waals surface area contributed by atoms with E-state index in [0.29, 0.717) is 6.61 Å². The number of likely N-dealkylation sites (tertiary alicyclic amines) is 1. The highest BCUT2D eigenvalue weighted by molar-refractivity contribution is 5.77. The fourth-order valence-corrected chi connectivity index (χ4v) is 3.45. The molecule has 1 aliphatic heterocycles. The number of nitrogens with zero attached hydrogens (tertiary/aromatic N) is 1. The Morgan fingerprint density at radius 3 is 2.73 bits per heavy atom. The molecular weight excluding hydrogens is 274 g/mol. The number of esters is 1. The quantitative estimate of drug-likeness (QED) is 0.591. The topological polar surface area (TPSA) is 29.5 Å². The monoisotopic (exact) mass is 301 g/mol. The van der Waals surface area contributed by atoms with E-state index in [2.05, 4.69) is 35.7 Å². The van der Waals surface area contributed by atoms with Gasteiger partial charge < -0.3 is 4.74 Å². The molecule has 0 spiro atoms. The van der Waals surface area contributed by atoms with Crippen LogP contribution >= 0.6 is 0 Å². The zero-order chi connectivity index (χ0) is 16.0. The molecular formula is C19H27NO2. The van der Waals surface area contributed by atoms with E-state index in [4.69, 9.17) is 4.74 Å². The van der Waals surface area contributed by atoms with Crippen molar-refractivity contribution in [2.75, 3.05) is 19.7 Å². The van der Waals surface area contributed by atoms with Crippen LogP contribution in [0.2, 0.25) is 0 Å². The number of hydrogen-bond donors (Lipinski definition) is 0. The summed E-state index contributed by atoms with van der Waals surface area (Å²) in [5.74, 6) is -0.0595. The summed E-state index contributed by atoms with van der Waals surface area (Å²) >= 11 is 0. The lowest BCUT2D eigenvalue weighted by atomic mass is 9.75. The van der Waals surface area contributed by atoms with E-state index in [1.54, 1.807) is 0 Å². The van der Waals surface area contributed by atoms with E-state index in [9.17, 15) is 4.79 Å². The number of allylic oxidation sites excluding steroid dienone is 1. The molecule has 0 N–H and O–H groups in total. The Morgan fingerprint density at radius 1 is 1.36 bits per heavy atom. The fourth-order valence-electron chi connectivity index (χ4n) is 3.45. The molecule has 2 rings (SSSR count). The Bertz CT molecular complexity index is 511. The maximum atomic E-state index is 12.6. The predicted octanol–water partition coefficient (Wildman–Crippen LogP) is 3.80. The Labute approximate surface area is 134 Å². The van der Waals surface area contributed by atoms with Gasteiger partial charge in [0.2, 0.25) is 0 Å². The maximum Gasteiger partial charge on any atom is 0.313 e. The first-order valence-corrected chi connectivity index (χ1v) is 8.13. The third-order valence-corrected chi connectivity index (χ3v) is 4.25. The van der Waals surface area contributed by atoms with E-state index >= 15 is 0 Å². The van der Waals surface area contributed by atoms with Crippen LogP contribution in [-0.4, -0.2) is 30.6 Å². The average molecular weight is 301 g/mol. The molecule has 0 radical (unpaired) electrons. The van der Waals surface area contributed by atoms with Gasteiger partial charge in [0.1, 0.15) is 0 Å². The third kappa shape index (κ3) is 4.20. The molecule has 3 heteroatoms. The van der Waals surface area contributed by atoms with Crippen LogP contribution in [0.3, 0.4) is 0 Å². The first-order chi connectivity index (χ1) is 10.6. The molecule has 0 amide bonds. The van der Waals surface area contributed by atoms with Crippen LogP contribution in [0.25, 0.3) is 0 Å². The van der Waals surface area contributed by atoms with Crippen molar-refractivity contribution in [3.63, 3.8) is 0 Å². The van der Waals surface area contributed by atoms with Crippen molar-refractivity contribution in [3.8, 4) is 0 Å². The number of rotatable bonds is 6. The number of carbonyl (C=O) groups excluding carboxylic acids is 1. The lowest BCUT2D eigenvalue weighted by Gasteiger charge is -2.41. The van der Waals surface area contributed by atoms with Gasteiger partial charge in [0.15, 0.2) is 0 Å². The molecule has 22 heavy (non-hydrogen) atoms. The van der Waals surface area contributed by atoms with E-state index in [1.165, 1.54) is 5.56 Å². The molecule has 1 aromatic carbocycles. The van der Waals surface area contributed by atoms with Crippen LogP contribution in [-0.2, 0) is 16.1 Å². The van der Waals surface area contributed by atoms with Crippen LogP contribution in [0.5, 0.6) is 0 Å². The molecule has 0 aliphatic carbocycles. The van der Waals surface area contributed by atoms with E-state index in [0.717, 1.165) is 44.5 Å². The fraction of sp³-hybridized carbons (Fsp3) is 0.526. The average Bonchev–Trinajstić information content (AvgIpc) is 2.48. The van der Waals surface area contributed by atoms with Crippen LogP contribution in [0.15, 0.2) is 42.5 Å². The van der Waals surface area contributed by atoms with E-state index in [1.807, 2.05) is 19.9 Å². The van der Waals surface area contributed by atoms with Crippen molar-refractivity contribution in [2.45, 2.75) is 39.7 Å². The van der Waals surface area contributed by atoms with Crippen LogP contribution in [0.1, 0.15) is 38.7 Å². The Balaban J connectivity index is 2.12. The second kappa shape index (κ2) is 7.59. The molecule has 1 heterocycles. The highest BCUT2D eigenvalue weighted by Gasteiger charge is 2.43. The van der Waals surface area contributed by atoms with Gasteiger partial charge in [-0.3, -0.25) is 9.69 Å². The van der Waals surface area contributed by atoms with Gasteiger partial charge in [-0.2, -0.15) is 0 Å². The van der Waals surface area contributed by atoms with Crippen molar-refractivity contribution in [3.05, 3.63) is 48.0 Å². The summed E-state index contributed by atoms with van der Waals surface area (Å²) < 4.78 is 5.38. The first kappa shape index (κ1) is 16.8. The first-order valence-electron chi connectivity index (χ1n) is 8.13. The lowest BCUT2D eigenvalue weighted by molar-refractivity contribution is -0.159. The third-order valence-electron chi connectivity index (χ3n) is 4.25. The summed E-state index contributed by atoms with van der Waals surface area (Å²) in [5.41, 5.74) is 1.92. The molecule has 0 aromatic heterocycles. The minimum Gasteiger partial charge on any atom is -0.466 e. The molecule has 120 valence electrons. The second-order valence-electron chi connectivity index (χ2n) is 6.43. The van der Waals surface area contributed by atoms with Crippen molar-refractivity contribution in [1.82, 2.24) is 4.90 Å². The smallest absolute Gasteiger partial charge is 0.313 e. The lowest BCUT2D eigenvalue weighted by Crippen LogP contribution is -2.48. The minimum atomic E-state index is -0.422. The van der Waals surface area contributed by atoms with Gasteiger partial charge in [-0.05, 0) is 45.2 Å². The predicted molar refractivity (Wildman–Crippen MR) is 89.5 cm³/mol. The molecule has 0 saturated carbocycles. The van der Waals surface area contributed by atoms with Crippen LogP contribution < -0.4 is 0 Å². The molecule has 1 atom stereocenters. The van der Waals surface area contributed by atoms with Crippen molar-refractivity contribution >= 4 is 5.97 Å². The van der Waals surface area contributed by atoms with Gasteiger partial charge >= 0.3 is 5.97 Å². The summed E-state index contributed by atoms with van der Waals surface area (Å²) in [7, 11) is 0. The zero-order valence-electron chi connectivity index (χ0n) is 13.8. The van der Waals surface area contributed by atoms with Gasteiger partial charge in [-0.25, -0.2) is 0 Å². The molecule has 1 aliphatic rings. The van der Waals surface area contributed by atoms with Gasteiger partial charge in [-0.15, -0.1) is 6.58 Å². The number of carbonyl (C=O) groups is 1. The number of piperidine rings is 1. The SMILES string of the molecule is C=C(C)CC1(C(=O)OCC)CCCN(Cc2ccccc2)C1. The summed E-state index contributed by atoms with van der Waals surface area (Å²) in [4.78, 5) is 14.9. The number of hydrogen-bond acceptors (Lipinski definition) is 3. The van der Waals surface area contributed by atoms with Gasteiger partial charge in [0.25, 0.3) is 0 Å². The van der Waals surface area contributed by atoms with E-state index < -0.39 is 5.41 Å². The zero-order valence-corrected chi connectivity index (χ0v) is 13.8. The second-order valence-corrected chi connectivity index (χ2v) is 6.43. The van der Waals surface area contributed by atoms with Crippen molar-refractivity contribution in [1.29, 1.82) is 0 Å². The molecule has 1 saturated heterocycles. The summed E-state index contributed by atoms with van der Waals surface area (Å²) in [6, 6.07) is 10.4. The standard InChI is InChI=1S/C19H27NO2/c1-4-22-18(21)19(13-16(2)3)11-8-12-20(15-19)14-17-9-6-5-7-10-17/h5-7,9-10H,2,4,8,11-15H2,1,3H3. The van der Waals surface area contributed by atoms with Crippen molar-refractivity contribution in [2.24, 2.45) is 5.41 Å². The normalized spacial score (nSPS) is 22.3. The van der Waals surface area contributed by atoms with Crippen molar-refractivity contribution < 1.29 is 9.53 Å². The van der Waals surface area contributed by atoms with Gasteiger partial charge in [0, 0.05) is 13.1 Å². The molecule has 0 bridgehead atoms. The highest BCUT2D eigenvalue weighted by Crippen LogP contribution is 2.37. The molecule has 1 aromatic rings. The van der Waals surface area contributed by atoms with Crippen LogP contribution in [0, 0.1) is 5.41 Å². The maximum absolute atomic E-state index is 12.6. The largest absolute Gasteiger partial charge is 0.466 e. The molecule has 3 nitrogen and oxygen atoms in total. The molecule has 1 fully saturated rings. The van der Waals surface area contributed by atoms with E-state index in [-0.39, 0.29) is 5.97 Å². The Morgan fingerprint density at radius 2 is 2.09 bits per heavy atom. The van der Waals surface area contributed by atoms with Crippen LogP contribution in [0.4, 0.5) is 0 Å².